The van der Waals surface area contributed by atoms with Crippen molar-refractivity contribution in [3.05, 3.63) is 119 Å². The third-order valence-corrected chi connectivity index (χ3v) is 9.68. The number of fused-ring (bicyclic) bond motifs is 8. The average molecular weight is 466 g/mol. The molecule has 0 saturated heterocycles. The molecule has 1 nitrogen and oxygen atoms in total. The number of H-pyrrole nitrogens is 1. The van der Waals surface area contributed by atoms with Crippen molar-refractivity contribution in [3.63, 3.8) is 0 Å². The van der Waals surface area contributed by atoms with E-state index in [0.717, 1.165) is 12.8 Å². The van der Waals surface area contributed by atoms with E-state index in [4.69, 9.17) is 0 Å². The van der Waals surface area contributed by atoms with Gasteiger partial charge in [0, 0.05) is 37.1 Å². The van der Waals surface area contributed by atoms with Crippen LogP contribution in [0.4, 0.5) is 0 Å². The Hall–Kier alpha value is -3.88. The largest absolute Gasteiger partial charge is 0.354 e. The molecule has 1 unspecified atom stereocenters. The van der Waals surface area contributed by atoms with Gasteiger partial charge in [-0.2, -0.15) is 0 Å². The van der Waals surface area contributed by atoms with E-state index in [1.54, 1.807) is 0 Å². The Labute approximate surface area is 207 Å². The topological polar surface area (TPSA) is 15.8 Å². The first-order chi connectivity index (χ1) is 17.3. The quantitative estimate of drug-likeness (QED) is 0.251. The second-order valence-corrected chi connectivity index (χ2v) is 11.4. The third kappa shape index (κ3) is 2.87. The number of nitrogens with one attached hydrogen (secondary N) is 1. The maximum Gasteiger partial charge on any atom is 0.0471 e. The number of aromatic nitrogens is 1. The summed E-state index contributed by atoms with van der Waals surface area (Å²) in [5.41, 5.74) is 11.8. The summed E-state index contributed by atoms with van der Waals surface area (Å²) in [7, 11) is 0.192. The normalized spacial score (nSPS) is 17.4. The van der Waals surface area contributed by atoms with E-state index in [1.165, 1.54) is 70.5 Å². The van der Waals surface area contributed by atoms with Crippen LogP contribution < -0.4 is 0 Å². The first-order valence-electron chi connectivity index (χ1n) is 12.3. The van der Waals surface area contributed by atoms with Crippen molar-refractivity contribution in [2.45, 2.75) is 17.7 Å². The Morgan fingerprint density at radius 3 is 2.51 bits per heavy atom. The Morgan fingerprint density at radius 2 is 1.57 bits per heavy atom. The van der Waals surface area contributed by atoms with Crippen LogP contribution in [-0.2, 0) is 6.42 Å². The zero-order valence-corrected chi connectivity index (χ0v) is 20.0. The van der Waals surface area contributed by atoms with Crippen molar-refractivity contribution in [1.29, 1.82) is 0 Å². The van der Waals surface area contributed by atoms with Gasteiger partial charge < -0.3 is 4.98 Å². The average Bonchev–Trinajstić information content (AvgIpc) is 3.30. The second kappa shape index (κ2) is 7.31. The molecule has 1 aliphatic carbocycles. The molecule has 2 aliphatic heterocycles. The second-order valence-electron chi connectivity index (χ2n) is 9.56. The van der Waals surface area contributed by atoms with E-state index in [2.05, 4.69) is 114 Å². The van der Waals surface area contributed by atoms with Crippen LogP contribution in [0.1, 0.15) is 23.1 Å². The van der Waals surface area contributed by atoms with Gasteiger partial charge in [0.2, 0.25) is 0 Å². The summed E-state index contributed by atoms with van der Waals surface area (Å²) < 4.78 is 0. The maximum atomic E-state index is 3.69. The molecule has 8 rings (SSSR count). The van der Waals surface area contributed by atoms with Crippen LogP contribution in [0.3, 0.4) is 0 Å². The zero-order valence-electron chi connectivity index (χ0n) is 19.2. The zero-order chi connectivity index (χ0) is 22.9. The number of aryl methyl sites for hydroxylation is 1. The van der Waals surface area contributed by atoms with E-state index in [-0.39, 0.29) is 10.5 Å². The van der Waals surface area contributed by atoms with Crippen LogP contribution in [-0.4, -0.2) is 9.85 Å². The van der Waals surface area contributed by atoms with Crippen LogP contribution in [0, 0.1) is 0 Å². The van der Waals surface area contributed by atoms with Crippen molar-refractivity contribution >= 4 is 43.2 Å². The van der Waals surface area contributed by atoms with Crippen LogP contribution in [0.25, 0.3) is 50.1 Å². The molecule has 0 spiro atoms. The molecular weight excluding hydrogens is 442 g/mol. The fourth-order valence-electron chi connectivity index (χ4n) is 5.87. The predicted octanol–water partition coefficient (Wildman–Crippen LogP) is 8.86. The minimum Gasteiger partial charge on any atom is -0.354 e. The summed E-state index contributed by atoms with van der Waals surface area (Å²) in [6.45, 7) is 0. The summed E-state index contributed by atoms with van der Waals surface area (Å²) >= 11 is 0. The minimum absolute atomic E-state index is 0.192. The molecule has 0 bridgehead atoms. The number of rotatable bonds is 2. The first-order valence-corrected chi connectivity index (χ1v) is 13.6. The third-order valence-electron chi connectivity index (χ3n) is 7.59. The molecule has 2 heteroatoms. The van der Waals surface area contributed by atoms with Gasteiger partial charge in [-0.3, -0.25) is 0 Å². The van der Waals surface area contributed by atoms with E-state index in [1.807, 2.05) is 0 Å². The highest BCUT2D eigenvalue weighted by molar-refractivity contribution is 8.20. The van der Waals surface area contributed by atoms with Gasteiger partial charge in [-0.1, -0.05) is 66.8 Å². The van der Waals surface area contributed by atoms with Crippen LogP contribution in [0.15, 0.2) is 107 Å². The van der Waals surface area contributed by atoms with Crippen LogP contribution in [0.5, 0.6) is 0 Å². The molecule has 0 fully saturated rings. The minimum atomic E-state index is 0.192. The van der Waals surface area contributed by atoms with Gasteiger partial charge >= 0.3 is 0 Å². The molecule has 0 saturated carbocycles. The molecule has 1 N–H and O–H groups in total. The molecule has 1 aromatic heterocycles. The lowest BCUT2D eigenvalue weighted by molar-refractivity contribution is 0.998. The highest BCUT2D eigenvalue weighted by Gasteiger charge is 2.23. The summed E-state index contributed by atoms with van der Waals surface area (Å²) in [6, 6.07) is 27.3. The summed E-state index contributed by atoms with van der Waals surface area (Å²) in [5, 5.41) is 5.05. The number of hydrogen-bond donors (Lipinski definition) is 1. The van der Waals surface area contributed by atoms with Crippen molar-refractivity contribution in [2.75, 3.05) is 0 Å². The predicted molar refractivity (Wildman–Crippen MR) is 152 cm³/mol. The SMILES string of the molecule is C1=CC2=S(C=C1)c1ccc(-c3cccc(-c4ccc5c(c4)[nH]c4ccc6c(c45)CCC=C6)c3)cc12. The number of allylic oxidation sites excluding steroid dienone is 4. The molecule has 1 atom stereocenters. The molecule has 0 radical (unpaired) electrons. The monoisotopic (exact) mass is 465 g/mol. The molecule has 5 aromatic rings. The van der Waals surface area contributed by atoms with E-state index in [9.17, 15) is 0 Å². The molecule has 3 aliphatic rings. The first kappa shape index (κ1) is 19.4. The Kier molecular flexibility index (Phi) is 4.06. The smallest absolute Gasteiger partial charge is 0.0471 e. The van der Waals surface area contributed by atoms with E-state index in [0.29, 0.717) is 0 Å². The lowest BCUT2D eigenvalue weighted by atomic mass is 9.92. The number of benzene rings is 4. The molecule has 166 valence electrons. The fraction of sp³-hybridized carbons (Fsp3) is 0.0606. The van der Waals surface area contributed by atoms with Gasteiger partial charge in [-0.15, -0.1) is 10.5 Å². The molecular formula is C33H23NS. The molecule has 0 amide bonds. The van der Waals surface area contributed by atoms with Crippen LogP contribution >= 0.6 is 10.5 Å². The summed E-state index contributed by atoms with van der Waals surface area (Å²) in [4.78, 5) is 6.64. The van der Waals surface area contributed by atoms with Gasteiger partial charge in [0.25, 0.3) is 0 Å². The van der Waals surface area contributed by atoms with Gasteiger partial charge in [-0.25, -0.2) is 0 Å². The maximum absolute atomic E-state index is 3.69. The lowest BCUT2D eigenvalue weighted by Crippen LogP contribution is -2.11. The van der Waals surface area contributed by atoms with Crippen molar-refractivity contribution in [1.82, 2.24) is 4.98 Å². The molecule has 35 heavy (non-hydrogen) atoms. The molecule has 3 heterocycles. The van der Waals surface area contributed by atoms with Gasteiger partial charge in [0.1, 0.15) is 0 Å². The molecule has 4 aromatic carbocycles. The highest BCUT2D eigenvalue weighted by Crippen LogP contribution is 2.47. The Balaban J connectivity index is 1.21. The fourth-order valence-corrected chi connectivity index (χ4v) is 7.75. The highest BCUT2D eigenvalue weighted by atomic mass is 32.2. The lowest BCUT2D eigenvalue weighted by Gasteiger charge is -2.27. The summed E-state index contributed by atoms with van der Waals surface area (Å²) in [5.74, 6) is 0. The van der Waals surface area contributed by atoms with Crippen molar-refractivity contribution in [2.24, 2.45) is 0 Å². The number of hydrogen-bond acceptors (Lipinski definition) is 0. The Morgan fingerprint density at radius 1 is 0.714 bits per heavy atom. The van der Waals surface area contributed by atoms with Crippen molar-refractivity contribution in [3.8, 4) is 22.3 Å². The van der Waals surface area contributed by atoms with Gasteiger partial charge in [0.05, 0.1) is 0 Å². The van der Waals surface area contributed by atoms with Crippen molar-refractivity contribution < 1.29 is 0 Å². The summed E-state index contributed by atoms with van der Waals surface area (Å²) in [6.07, 6.45) is 13.4. The van der Waals surface area contributed by atoms with E-state index < -0.39 is 0 Å². The standard InChI is InChI=1S/C33H23NS/c1-2-9-26-21(6-1)12-15-29-33(26)27-14-11-25(20-30(27)34-29)23-8-5-7-22(18-23)24-13-16-32-28(19-24)31-10-3-4-17-35(31)32/h1,3-8,10-20,34H,2,9H2. The van der Waals surface area contributed by atoms with Gasteiger partial charge in [0.15, 0.2) is 0 Å². The number of aromatic amines is 1. The Bertz CT molecular complexity index is 1840. The van der Waals surface area contributed by atoms with E-state index >= 15 is 0 Å². The van der Waals surface area contributed by atoms with Crippen LogP contribution in [0.2, 0.25) is 0 Å². The van der Waals surface area contributed by atoms with Gasteiger partial charge in [-0.05, 0) is 88.0 Å².